The molecule has 0 atom stereocenters. The summed E-state index contributed by atoms with van der Waals surface area (Å²) in [5.74, 6) is 0. The Morgan fingerprint density at radius 1 is 0.650 bits per heavy atom. The Kier molecular flexibility index (Phi) is 3.79. The van der Waals surface area contributed by atoms with E-state index in [4.69, 9.17) is 4.74 Å². The molecule has 4 rings (SSSR count). The maximum absolute atomic E-state index is 4.80. The Labute approximate surface area is 118 Å². The number of benzene rings is 3. The van der Waals surface area contributed by atoms with E-state index in [1.54, 1.807) is 6.26 Å². The second-order valence-corrected chi connectivity index (χ2v) is 4.60. The van der Waals surface area contributed by atoms with Crippen LogP contribution in [-0.4, -0.2) is 6.61 Å². The maximum Gasteiger partial charge on any atom is 0.106 e. The van der Waals surface area contributed by atoms with Gasteiger partial charge >= 0.3 is 0 Å². The van der Waals surface area contributed by atoms with Crippen LogP contribution < -0.4 is 0 Å². The molecular weight excluding hydrogens is 244 g/mol. The number of rotatable bonds is 0. The predicted octanol–water partition coefficient (Wildman–Crippen LogP) is 5.08. The van der Waals surface area contributed by atoms with Crippen molar-refractivity contribution in [2.45, 2.75) is 0 Å². The fraction of sp³-hybridized carbons (Fsp3) is 0.0526. The van der Waals surface area contributed by atoms with Gasteiger partial charge < -0.3 is 4.74 Å². The van der Waals surface area contributed by atoms with Gasteiger partial charge in [-0.1, -0.05) is 66.7 Å². The number of hydrogen-bond acceptors (Lipinski definition) is 1. The predicted molar refractivity (Wildman–Crippen MR) is 85.7 cm³/mol. The average molecular weight is 260 g/mol. The van der Waals surface area contributed by atoms with E-state index in [1.807, 2.05) is 18.2 Å². The molecule has 0 N–H and O–H groups in total. The average Bonchev–Trinajstić information content (AvgIpc) is 2.57. The maximum atomic E-state index is 4.80. The standard InChI is InChI=1S/C14H10.C5H6O/c1-3-7-13-11(5-1)9-10-12-6-2-4-8-14(12)13;1-2-4-6-5-3-1/h1-10H;1-4H,5H2. The highest BCUT2D eigenvalue weighted by atomic mass is 16.5. The summed E-state index contributed by atoms with van der Waals surface area (Å²) in [7, 11) is 0. The third-order valence-electron chi connectivity index (χ3n) is 3.27. The molecule has 0 unspecified atom stereocenters. The lowest BCUT2D eigenvalue weighted by atomic mass is 10.0. The highest BCUT2D eigenvalue weighted by Gasteiger charge is 1.97. The monoisotopic (exact) mass is 260 g/mol. The minimum atomic E-state index is 0.733. The second kappa shape index (κ2) is 6.07. The van der Waals surface area contributed by atoms with Crippen LogP contribution in [0.25, 0.3) is 21.5 Å². The van der Waals surface area contributed by atoms with Crippen LogP contribution in [-0.2, 0) is 4.74 Å². The first kappa shape index (κ1) is 12.5. The van der Waals surface area contributed by atoms with E-state index in [9.17, 15) is 0 Å². The van der Waals surface area contributed by atoms with Crippen molar-refractivity contribution >= 4 is 21.5 Å². The van der Waals surface area contributed by atoms with Gasteiger partial charge in [-0.25, -0.2) is 0 Å². The smallest absolute Gasteiger partial charge is 0.106 e. The van der Waals surface area contributed by atoms with E-state index in [0.717, 1.165) is 6.61 Å². The molecule has 0 aliphatic carbocycles. The molecule has 1 aliphatic heterocycles. The molecule has 1 heterocycles. The summed E-state index contributed by atoms with van der Waals surface area (Å²) >= 11 is 0. The number of ether oxygens (including phenoxy) is 1. The summed E-state index contributed by atoms with van der Waals surface area (Å²) in [6.45, 7) is 0.733. The number of fused-ring (bicyclic) bond motifs is 3. The van der Waals surface area contributed by atoms with Crippen LogP contribution in [0.4, 0.5) is 0 Å². The van der Waals surface area contributed by atoms with E-state index >= 15 is 0 Å². The van der Waals surface area contributed by atoms with Crippen molar-refractivity contribution in [3.8, 4) is 0 Å². The number of hydrogen-bond donors (Lipinski definition) is 0. The SMILES string of the molecule is C1=CCOC=C1.c1ccc2c(c1)ccc1ccccc12. The van der Waals surface area contributed by atoms with Crippen molar-refractivity contribution in [2.75, 3.05) is 6.61 Å². The molecule has 0 fully saturated rings. The van der Waals surface area contributed by atoms with Gasteiger partial charge in [0.1, 0.15) is 6.61 Å². The van der Waals surface area contributed by atoms with Crippen LogP contribution in [0, 0.1) is 0 Å². The zero-order valence-electron chi connectivity index (χ0n) is 11.2. The van der Waals surface area contributed by atoms with Gasteiger partial charge in [-0.05, 0) is 33.7 Å². The van der Waals surface area contributed by atoms with Crippen LogP contribution in [0.5, 0.6) is 0 Å². The Morgan fingerprint density at radius 2 is 1.25 bits per heavy atom. The molecule has 0 spiro atoms. The van der Waals surface area contributed by atoms with Gasteiger partial charge in [0.25, 0.3) is 0 Å². The Bertz CT molecular complexity index is 702. The molecule has 0 radical (unpaired) electrons. The summed E-state index contributed by atoms with van der Waals surface area (Å²) in [6.07, 6.45) is 7.47. The summed E-state index contributed by atoms with van der Waals surface area (Å²) < 4.78 is 4.80. The quantitative estimate of drug-likeness (QED) is 0.512. The van der Waals surface area contributed by atoms with Crippen molar-refractivity contribution in [1.29, 1.82) is 0 Å². The van der Waals surface area contributed by atoms with Crippen LogP contribution in [0.2, 0.25) is 0 Å². The topological polar surface area (TPSA) is 9.23 Å². The molecule has 1 heteroatoms. The van der Waals surface area contributed by atoms with Crippen LogP contribution in [0.1, 0.15) is 0 Å². The normalized spacial score (nSPS) is 12.8. The second-order valence-electron chi connectivity index (χ2n) is 4.60. The van der Waals surface area contributed by atoms with Crippen molar-refractivity contribution in [3.05, 3.63) is 85.2 Å². The highest BCUT2D eigenvalue weighted by Crippen LogP contribution is 2.24. The van der Waals surface area contributed by atoms with Crippen LogP contribution in [0.3, 0.4) is 0 Å². The molecule has 1 aliphatic rings. The first-order valence-corrected chi connectivity index (χ1v) is 6.75. The van der Waals surface area contributed by atoms with E-state index in [-0.39, 0.29) is 0 Å². The molecule has 0 aromatic heterocycles. The van der Waals surface area contributed by atoms with Gasteiger partial charge in [-0.3, -0.25) is 0 Å². The van der Waals surface area contributed by atoms with E-state index < -0.39 is 0 Å². The molecule has 0 saturated carbocycles. The fourth-order valence-electron chi connectivity index (χ4n) is 2.30. The summed E-state index contributed by atoms with van der Waals surface area (Å²) in [5, 5.41) is 5.30. The van der Waals surface area contributed by atoms with Gasteiger partial charge in [-0.15, -0.1) is 0 Å². The number of allylic oxidation sites excluding steroid dienone is 2. The zero-order valence-corrected chi connectivity index (χ0v) is 11.2. The molecule has 20 heavy (non-hydrogen) atoms. The molecule has 1 nitrogen and oxygen atoms in total. The molecule has 3 aromatic carbocycles. The summed E-state index contributed by atoms with van der Waals surface area (Å²) in [5.41, 5.74) is 0. The lowest BCUT2D eigenvalue weighted by molar-refractivity contribution is 0.286. The Morgan fingerprint density at radius 3 is 1.65 bits per heavy atom. The first-order chi connectivity index (χ1) is 9.95. The minimum Gasteiger partial charge on any atom is -0.497 e. The molecule has 3 aromatic rings. The molecule has 98 valence electrons. The summed E-state index contributed by atoms with van der Waals surface area (Å²) in [6, 6.07) is 21.4. The van der Waals surface area contributed by atoms with Crippen molar-refractivity contribution in [3.63, 3.8) is 0 Å². The fourth-order valence-corrected chi connectivity index (χ4v) is 2.30. The van der Waals surface area contributed by atoms with E-state index in [1.165, 1.54) is 21.5 Å². The van der Waals surface area contributed by atoms with Crippen molar-refractivity contribution < 1.29 is 4.74 Å². The van der Waals surface area contributed by atoms with E-state index in [2.05, 4.69) is 60.7 Å². The third kappa shape index (κ3) is 2.72. The van der Waals surface area contributed by atoms with Gasteiger partial charge in [-0.2, -0.15) is 0 Å². The van der Waals surface area contributed by atoms with Crippen LogP contribution >= 0.6 is 0 Å². The van der Waals surface area contributed by atoms with E-state index in [0.29, 0.717) is 0 Å². The zero-order chi connectivity index (χ0) is 13.6. The Hall–Kier alpha value is -2.54. The van der Waals surface area contributed by atoms with Gasteiger partial charge in [0.05, 0.1) is 6.26 Å². The van der Waals surface area contributed by atoms with Gasteiger partial charge in [0, 0.05) is 0 Å². The molecule has 0 saturated heterocycles. The lowest BCUT2D eigenvalue weighted by Crippen LogP contribution is -1.82. The molecule has 0 bridgehead atoms. The Balaban J connectivity index is 0.000000170. The van der Waals surface area contributed by atoms with Gasteiger partial charge in [0.15, 0.2) is 0 Å². The molecule has 0 amide bonds. The van der Waals surface area contributed by atoms with Crippen molar-refractivity contribution in [1.82, 2.24) is 0 Å². The largest absolute Gasteiger partial charge is 0.497 e. The van der Waals surface area contributed by atoms with Crippen LogP contribution in [0.15, 0.2) is 85.2 Å². The molecular formula is C19H16O. The van der Waals surface area contributed by atoms with Crippen molar-refractivity contribution in [2.24, 2.45) is 0 Å². The summed E-state index contributed by atoms with van der Waals surface area (Å²) in [4.78, 5) is 0. The van der Waals surface area contributed by atoms with Gasteiger partial charge in [0.2, 0.25) is 0 Å². The highest BCUT2D eigenvalue weighted by molar-refractivity contribution is 6.07. The first-order valence-electron chi connectivity index (χ1n) is 6.75. The lowest BCUT2D eigenvalue weighted by Gasteiger charge is -2.02. The third-order valence-corrected chi connectivity index (χ3v) is 3.27. The minimum absolute atomic E-state index is 0.733.